The smallest absolute Gasteiger partial charge is 0.457 e. The van der Waals surface area contributed by atoms with Gasteiger partial charge < -0.3 is 39.9 Å². The van der Waals surface area contributed by atoms with Gasteiger partial charge >= 0.3 is 13.8 Å². The first kappa shape index (κ1) is 58.3. The molecule has 62 heavy (non-hydrogen) atoms. The van der Waals surface area contributed by atoms with Gasteiger partial charge in [-0.05, 0) is 70.6 Å². The van der Waals surface area contributed by atoms with Gasteiger partial charge in [0.2, 0.25) is 0 Å². The van der Waals surface area contributed by atoms with Crippen molar-refractivity contribution in [1.82, 2.24) is 0 Å². The first-order valence-corrected chi connectivity index (χ1v) is 26.0. The molecule has 0 aromatic heterocycles. The zero-order valence-electron chi connectivity index (χ0n) is 38.7. The number of carbonyl (C=O) groups excluding carboxylic acids is 1. The second-order valence-corrected chi connectivity index (χ2v) is 18.4. The van der Waals surface area contributed by atoms with Crippen LogP contribution >= 0.6 is 7.82 Å². The molecule has 1 aliphatic carbocycles. The van der Waals surface area contributed by atoms with Crippen LogP contribution in [0.4, 0.5) is 0 Å². The normalized spacial score (nSPS) is 22.4. The van der Waals surface area contributed by atoms with Crippen molar-refractivity contribution in [3.05, 3.63) is 48.6 Å². The van der Waals surface area contributed by atoms with Crippen LogP contribution in [-0.4, -0.2) is 98.9 Å². The van der Waals surface area contributed by atoms with Crippen molar-refractivity contribution in [1.29, 1.82) is 0 Å². The number of hydrogen-bond acceptors (Lipinski definition) is 11. The van der Waals surface area contributed by atoms with E-state index in [1.54, 1.807) is 0 Å². The van der Waals surface area contributed by atoms with Crippen LogP contribution in [0.2, 0.25) is 0 Å². The second kappa shape index (κ2) is 39.6. The highest BCUT2D eigenvalue weighted by molar-refractivity contribution is 7.47. The molecule has 1 rings (SSSR count). The van der Waals surface area contributed by atoms with E-state index in [2.05, 4.69) is 62.5 Å². The van der Waals surface area contributed by atoms with Crippen LogP contribution in [0.15, 0.2) is 48.6 Å². The summed E-state index contributed by atoms with van der Waals surface area (Å²) in [4.78, 5) is 23.2. The highest BCUT2D eigenvalue weighted by Gasteiger charge is 2.51. The number of phosphoric acid groups is 1. The number of phosphoric ester groups is 1. The molecule has 6 N–H and O–H groups in total. The topological polar surface area (TPSA) is 192 Å². The third-order valence-electron chi connectivity index (χ3n) is 11.2. The Morgan fingerprint density at radius 2 is 0.935 bits per heavy atom. The minimum atomic E-state index is -5.02. The molecule has 0 amide bonds. The second-order valence-electron chi connectivity index (χ2n) is 17.0. The Morgan fingerprint density at radius 3 is 1.42 bits per heavy atom. The maximum atomic E-state index is 12.8. The maximum absolute atomic E-state index is 12.8. The summed E-state index contributed by atoms with van der Waals surface area (Å²) in [7, 11) is -5.02. The van der Waals surface area contributed by atoms with Crippen LogP contribution in [0.25, 0.3) is 0 Å². The van der Waals surface area contributed by atoms with Crippen LogP contribution in [0.1, 0.15) is 194 Å². The lowest BCUT2D eigenvalue weighted by molar-refractivity contribution is -0.220. The highest BCUT2D eigenvalue weighted by atomic mass is 31.2. The molecule has 0 radical (unpaired) electrons. The molecule has 0 heterocycles. The molecular formula is C49H89O12P. The monoisotopic (exact) mass is 901 g/mol. The van der Waals surface area contributed by atoms with Crippen LogP contribution < -0.4 is 0 Å². The first-order chi connectivity index (χ1) is 30.0. The summed E-state index contributed by atoms with van der Waals surface area (Å²) in [6, 6.07) is 0. The van der Waals surface area contributed by atoms with Gasteiger partial charge in [0.15, 0.2) is 0 Å². The molecule has 1 fully saturated rings. The summed E-state index contributed by atoms with van der Waals surface area (Å²) >= 11 is 0. The predicted octanol–water partition coefficient (Wildman–Crippen LogP) is 10.4. The van der Waals surface area contributed by atoms with E-state index in [0.29, 0.717) is 13.0 Å². The fourth-order valence-electron chi connectivity index (χ4n) is 7.25. The van der Waals surface area contributed by atoms with E-state index in [-0.39, 0.29) is 13.0 Å². The molecule has 6 unspecified atom stereocenters. The molecular weight excluding hydrogens is 812 g/mol. The van der Waals surface area contributed by atoms with Gasteiger partial charge in [-0.1, -0.05) is 165 Å². The number of rotatable bonds is 41. The van der Waals surface area contributed by atoms with Crippen molar-refractivity contribution in [3.8, 4) is 0 Å². The summed E-state index contributed by atoms with van der Waals surface area (Å²) in [6.45, 7) is 4.16. The van der Waals surface area contributed by atoms with Crippen molar-refractivity contribution in [2.45, 2.75) is 236 Å². The van der Waals surface area contributed by atoms with Crippen LogP contribution in [-0.2, 0) is 27.9 Å². The predicted molar refractivity (Wildman–Crippen MR) is 249 cm³/mol. The van der Waals surface area contributed by atoms with Gasteiger partial charge in [0.05, 0.1) is 13.2 Å². The van der Waals surface area contributed by atoms with E-state index >= 15 is 0 Å². The van der Waals surface area contributed by atoms with Gasteiger partial charge in [-0.2, -0.15) is 0 Å². The minimum absolute atomic E-state index is 0.0853. The fraction of sp³-hybridized carbons (Fsp3) is 0.816. The van der Waals surface area contributed by atoms with Gasteiger partial charge in [-0.15, -0.1) is 0 Å². The highest BCUT2D eigenvalue weighted by Crippen LogP contribution is 2.47. The molecule has 1 saturated carbocycles. The lowest BCUT2D eigenvalue weighted by Crippen LogP contribution is -2.64. The molecule has 362 valence electrons. The molecule has 0 bridgehead atoms. The molecule has 0 saturated heterocycles. The van der Waals surface area contributed by atoms with Crippen LogP contribution in [0.3, 0.4) is 0 Å². The minimum Gasteiger partial charge on any atom is -0.457 e. The summed E-state index contributed by atoms with van der Waals surface area (Å²) < 4.78 is 34.2. The maximum Gasteiger partial charge on any atom is 0.472 e. The lowest BCUT2D eigenvalue weighted by atomic mass is 9.85. The van der Waals surface area contributed by atoms with Gasteiger partial charge in [-0.3, -0.25) is 13.8 Å². The quantitative estimate of drug-likeness (QED) is 0.0147. The number of aliphatic hydroxyl groups is 5. The zero-order valence-corrected chi connectivity index (χ0v) is 39.6. The van der Waals surface area contributed by atoms with Gasteiger partial charge in [-0.25, -0.2) is 4.57 Å². The molecule has 0 aromatic carbocycles. The van der Waals surface area contributed by atoms with Crippen molar-refractivity contribution < 1.29 is 58.3 Å². The molecule has 6 atom stereocenters. The number of ether oxygens (including phenoxy) is 2. The third kappa shape index (κ3) is 31.2. The molecule has 13 heteroatoms. The van der Waals surface area contributed by atoms with E-state index < -0.39 is 63.1 Å². The molecule has 1 aliphatic rings. The molecule has 0 spiro atoms. The Balaban J connectivity index is 2.34. The average molecular weight is 901 g/mol. The first-order valence-electron chi connectivity index (χ1n) is 24.5. The number of esters is 1. The molecule has 12 nitrogen and oxygen atoms in total. The summed E-state index contributed by atoms with van der Waals surface area (Å²) in [5.74, 6) is -0.493. The lowest BCUT2D eigenvalue weighted by Gasteiger charge is -2.41. The van der Waals surface area contributed by atoms with Crippen molar-refractivity contribution in [3.63, 3.8) is 0 Å². The van der Waals surface area contributed by atoms with Crippen molar-refractivity contribution in [2.75, 3.05) is 19.8 Å². The largest absolute Gasteiger partial charge is 0.472 e. The fourth-order valence-corrected chi connectivity index (χ4v) is 8.22. The number of allylic oxidation sites excluding steroid dienone is 8. The Labute approximate surface area is 375 Å². The summed E-state index contributed by atoms with van der Waals surface area (Å²) in [5.41, 5.74) is 0. The number of carbonyl (C=O) groups is 1. The Morgan fingerprint density at radius 1 is 0.516 bits per heavy atom. The average Bonchev–Trinajstić information content (AvgIpc) is 3.26. The van der Waals surface area contributed by atoms with Crippen LogP contribution in [0.5, 0.6) is 0 Å². The van der Waals surface area contributed by atoms with Gasteiger partial charge in [0.1, 0.15) is 42.7 Å². The SMILES string of the molecule is CCC/C=C\C/C=C\CCCCCCCC(=O)OC(COCCCCCCCCCCCC/C=C\C/C=C\CCCCCCC)COP(=O)(O)OC1C(O)C(O)C(O)C(O)C1O. The molecule has 0 aromatic rings. The van der Waals surface area contributed by atoms with Crippen molar-refractivity contribution in [2.24, 2.45) is 0 Å². The number of unbranched alkanes of at least 4 members (excludes halogenated alkanes) is 21. The van der Waals surface area contributed by atoms with E-state index in [0.717, 1.165) is 83.5 Å². The summed E-state index contributed by atoms with van der Waals surface area (Å²) in [6.07, 6.45) is 36.1. The summed E-state index contributed by atoms with van der Waals surface area (Å²) in [5, 5.41) is 50.2. The Bertz CT molecular complexity index is 1210. The van der Waals surface area contributed by atoms with E-state index in [9.17, 15) is 39.8 Å². The zero-order chi connectivity index (χ0) is 45.5. The van der Waals surface area contributed by atoms with E-state index in [1.807, 2.05) is 0 Å². The number of hydrogen-bond donors (Lipinski definition) is 6. The van der Waals surface area contributed by atoms with Crippen molar-refractivity contribution >= 4 is 13.8 Å². The van der Waals surface area contributed by atoms with E-state index in [4.69, 9.17) is 18.5 Å². The van der Waals surface area contributed by atoms with Crippen LogP contribution in [0, 0.1) is 0 Å². The number of aliphatic hydroxyl groups excluding tert-OH is 5. The standard InChI is InChI=1S/C49H89O12P/c1-3-5-7-9-11-13-15-17-18-19-20-21-22-23-24-25-27-29-31-33-35-37-39-58-40-42(41-59-62(56,57)61-49-47(54)45(52)44(51)46(53)48(49)55)60-43(50)38-36-34-32-30-28-26-16-14-12-10-8-6-4-2/h8,10,14-17,19-20,42,44-49,51-55H,3-7,9,11-13,18,21-41H2,1-2H3,(H,56,57)/b10-8-,16-14-,17-15-,20-19-. The molecule has 0 aliphatic heterocycles. The van der Waals surface area contributed by atoms with E-state index in [1.165, 1.54) is 83.5 Å². The Kier molecular flexibility index (Phi) is 37.3. The Hall–Kier alpha value is -1.70. The van der Waals surface area contributed by atoms with Gasteiger partial charge in [0, 0.05) is 13.0 Å². The van der Waals surface area contributed by atoms with Gasteiger partial charge in [0.25, 0.3) is 0 Å². The third-order valence-corrected chi connectivity index (χ3v) is 12.1.